The molecular weight excluding hydrogens is 256 g/mol. The van der Waals surface area contributed by atoms with Crippen molar-refractivity contribution in [2.24, 2.45) is 0 Å². The molecule has 0 radical (unpaired) electrons. The van der Waals surface area contributed by atoms with E-state index in [0.29, 0.717) is 15.6 Å². The number of halogens is 2. The highest BCUT2D eigenvalue weighted by Crippen LogP contribution is 2.28. The zero-order valence-corrected chi connectivity index (χ0v) is 10.0. The summed E-state index contributed by atoms with van der Waals surface area (Å²) in [5, 5.41) is 12.3. The fourth-order valence-electron chi connectivity index (χ4n) is 1.44. The molecule has 0 saturated carbocycles. The molecular formula is C12H9F2N3S. The maximum Gasteiger partial charge on any atom is 0.129 e. The van der Waals surface area contributed by atoms with Crippen LogP contribution in [0.5, 0.6) is 0 Å². The average Bonchev–Trinajstić information content (AvgIpc) is 2.71. The zero-order valence-electron chi connectivity index (χ0n) is 9.21. The van der Waals surface area contributed by atoms with E-state index in [9.17, 15) is 8.78 Å². The van der Waals surface area contributed by atoms with Gasteiger partial charge in [0.2, 0.25) is 0 Å². The molecule has 1 aromatic heterocycles. The van der Waals surface area contributed by atoms with Gasteiger partial charge in [0.05, 0.1) is 10.7 Å². The van der Waals surface area contributed by atoms with Crippen molar-refractivity contribution in [3.63, 3.8) is 0 Å². The third kappa shape index (κ3) is 2.57. The molecule has 3 N–H and O–H groups in total. The summed E-state index contributed by atoms with van der Waals surface area (Å²) in [4.78, 5) is 0.400. The molecule has 18 heavy (non-hydrogen) atoms. The molecule has 6 heteroatoms. The predicted octanol–water partition coefficient (Wildman–Crippen LogP) is 3.09. The molecule has 0 aliphatic carbocycles. The van der Waals surface area contributed by atoms with Crippen molar-refractivity contribution >= 4 is 22.0 Å². The topological polar surface area (TPSA) is 61.8 Å². The number of rotatable bonds is 3. The van der Waals surface area contributed by atoms with Gasteiger partial charge in [-0.1, -0.05) is 0 Å². The first-order chi connectivity index (χ1) is 8.60. The number of hydrogen-bond donors (Lipinski definition) is 2. The molecule has 0 aliphatic heterocycles. The lowest BCUT2D eigenvalue weighted by Crippen LogP contribution is -2.01. The van der Waals surface area contributed by atoms with Gasteiger partial charge in [-0.15, -0.1) is 11.3 Å². The van der Waals surface area contributed by atoms with Gasteiger partial charge in [0.25, 0.3) is 0 Å². The lowest BCUT2D eigenvalue weighted by atomic mass is 10.2. The summed E-state index contributed by atoms with van der Waals surface area (Å²) in [5.74, 6) is -0.967. The van der Waals surface area contributed by atoms with Gasteiger partial charge in [-0.05, 0) is 24.3 Å². The Bertz CT molecular complexity index is 616. The van der Waals surface area contributed by atoms with Gasteiger partial charge in [-0.3, -0.25) is 0 Å². The molecule has 0 amide bonds. The maximum absolute atomic E-state index is 13.3. The molecule has 0 aliphatic rings. The Morgan fingerprint density at radius 1 is 1.33 bits per heavy atom. The van der Waals surface area contributed by atoms with Crippen LogP contribution in [-0.4, -0.2) is 0 Å². The highest BCUT2D eigenvalue weighted by atomic mass is 32.1. The van der Waals surface area contributed by atoms with Gasteiger partial charge in [0.1, 0.15) is 22.6 Å². The van der Waals surface area contributed by atoms with Gasteiger partial charge in [-0.2, -0.15) is 5.26 Å². The fourth-order valence-corrected chi connectivity index (χ4v) is 2.21. The van der Waals surface area contributed by atoms with Crippen LogP contribution in [0.25, 0.3) is 0 Å². The molecule has 0 saturated heterocycles. The van der Waals surface area contributed by atoms with Crippen LogP contribution in [0.1, 0.15) is 10.4 Å². The SMILES string of the molecule is N#Cc1sc(NCc2cc(F)ccc2F)cc1N. The number of nitrogens with one attached hydrogen (secondary N) is 1. The summed E-state index contributed by atoms with van der Waals surface area (Å²) in [6.07, 6.45) is 0. The molecule has 2 aromatic rings. The molecule has 1 aromatic carbocycles. The predicted molar refractivity (Wildman–Crippen MR) is 67.1 cm³/mol. The first-order valence-corrected chi connectivity index (χ1v) is 5.89. The molecule has 0 atom stereocenters. The zero-order chi connectivity index (χ0) is 13.1. The van der Waals surface area contributed by atoms with Crippen LogP contribution in [-0.2, 0) is 6.54 Å². The fraction of sp³-hybridized carbons (Fsp3) is 0.0833. The van der Waals surface area contributed by atoms with E-state index in [1.807, 2.05) is 6.07 Å². The third-order valence-electron chi connectivity index (χ3n) is 2.32. The molecule has 2 rings (SSSR count). The maximum atomic E-state index is 13.3. The van der Waals surface area contributed by atoms with E-state index in [4.69, 9.17) is 11.0 Å². The van der Waals surface area contributed by atoms with Gasteiger partial charge in [0.15, 0.2) is 0 Å². The van der Waals surface area contributed by atoms with E-state index in [1.54, 1.807) is 6.07 Å². The number of anilines is 2. The number of thiophene rings is 1. The number of nitriles is 1. The smallest absolute Gasteiger partial charge is 0.129 e. The molecule has 0 unspecified atom stereocenters. The van der Waals surface area contributed by atoms with Crippen LogP contribution < -0.4 is 11.1 Å². The molecule has 92 valence electrons. The van der Waals surface area contributed by atoms with E-state index in [0.717, 1.165) is 18.2 Å². The van der Waals surface area contributed by atoms with Crippen molar-refractivity contribution in [3.8, 4) is 6.07 Å². The second kappa shape index (κ2) is 5.02. The Balaban J connectivity index is 2.11. The lowest BCUT2D eigenvalue weighted by molar-refractivity contribution is 0.588. The van der Waals surface area contributed by atoms with Crippen molar-refractivity contribution in [1.82, 2.24) is 0 Å². The van der Waals surface area contributed by atoms with Gasteiger partial charge < -0.3 is 11.1 Å². The van der Waals surface area contributed by atoms with Gasteiger partial charge in [0, 0.05) is 12.1 Å². The third-order valence-corrected chi connectivity index (χ3v) is 3.34. The van der Waals surface area contributed by atoms with Crippen molar-refractivity contribution in [3.05, 3.63) is 46.3 Å². The summed E-state index contributed by atoms with van der Waals surface area (Å²) in [6.45, 7) is 0.133. The van der Waals surface area contributed by atoms with E-state index in [1.165, 1.54) is 11.3 Å². The molecule has 3 nitrogen and oxygen atoms in total. The number of nitrogens with zero attached hydrogens (tertiary/aromatic N) is 1. The van der Waals surface area contributed by atoms with Crippen molar-refractivity contribution in [2.45, 2.75) is 6.54 Å². The van der Waals surface area contributed by atoms with Crippen LogP contribution in [0.3, 0.4) is 0 Å². The first-order valence-electron chi connectivity index (χ1n) is 5.07. The largest absolute Gasteiger partial charge is 0.397 e. The summed E-state index contributed by atoms with van der Waals surface area (Å²) in [5.41, 5.74) is 6.19. The Morgan fingerprint density at radius 2 is 2.11 bits per heavy atom. The summed E-state index contributed by atoms with van der Waals surface area (Å²) in [6, 6.07) is 6.83. The Labute approximate surface area is 106 Å². The average molecular weight is 265 g/mol. The Morgan fingerprint density at radius 3 is 2.78 bits per heavy atom. The van der Waals surface area contributed by atoms with Crippen LogP contribution in [0, 0.1) is 23.0 Å². The standard InChI is InChI=1S/C12H9F2N3S/c13-8-1-2-9(14)7(3-8)6-17-12-4-10(16)11(5-15)18-12/h1-4,17H,6,16H2. The van der Waals surface area contributed by atoms with Crippen LogP contribution >= 0.6 is 11.3 Å². The summed E-state index contributed by atoms with van der Waals surface area (Å²) < 4.78 is 26.3. The van der Waals surface area contributed by atoms with Crippen molar-refractivity contribution in [2.75, 3.05) is 11.1 Å². The van der Waals surface area contributed by atoms with Crippen LogP contribution in [0.4, 0.5) is 19.5 Å². The molecule has 0 spiro atoms. The second-order valence-electron chi connectivity index (χ2n) is 3.60. The minimum atomic E-state index is -0.489. The first kappa shape index (κ1) is 12.3. The number of benzene rings is 1. The van der Waals surface area contributed by atoms with E-state index >= 15 is 0 Å². The number of nitrogen functional groups attached to an aromatic ring is 1. The molecule has 0 bridgehead atoms. The van der Waals surface area contributed by atoms with E-state index in [2.05, 4.69) is 5.32 Å². The molecule has 1 heterocycles. The van der Waals surface area contributed by atoms with Crippen molar-refractivity contribution < 1.29 is 8.78 Å². The summed E-state index contributed by atoms with van der Waals surface area (Å²) >= 11 is 1.18. The van der Waals surface area contributed by atoms with E-state index in [-0.39, 0.29) is 12.1 Å². The highest BCUT2D eigenvalue weighted by Gasteiger charge is 2.07. The quantitative estimate of drug-likeness (QED) is 0.896. The number of hydrogen-bond acceptors (Lipinski definition) is 4. The number of nitrogens with two attached hydrogens (primary N) is 1. The Hall–Kier alpha value is -2.13. The second-order valence-corrected chi connectivity index (χ2v) is 4.65. The minimum absolute atomic E-state index is 0.133. The van der Waals surface area contributed by atoms with E-state index < -0.39 is 11.6 Å². The van der Waals surface area contributed by atoms with Gasteiger partial charge >= 0.3 is 0 Å². The minimum Gasteiger partial charge on any atom is -0.397 e. The Kier molecular flexibility index (Phi) is 3.44. The van der Waals surface area contributed by atoms with Crippen molar-refractivity contribution in [1.29, 1.82) is 5.26 Å². The van der Waals surface area contributed by atoms with Crippen LogP contribution in [0.15, 0.2) is 24.3 Å². The van der Waals surface area contributed by atoms with Gasteiger partial charge in [-0.25, -0.2) is 8.78 Å². The van der Waals surface area contributed by atoms with Crippen LogP contribution in [0.2, 0.25) is 0 Å². The monoisotopic (exact) mass is 265 g/mol. The normalized spacial score (nSPS) is 10.1. The highest BCUT2D eigenvalue weighted by molar-refractivity contribution is 7.17. The lowest BCUT2D eigenvalue weighted by Gasteiger charge is -2.05. The molecule has 0 fully saturated rings. The summed E-state index contributed by atoms with van der Waals surface area (Å²) in [7, 11) is 0.